The molecule has 1 N–H and O–H groups in total. The lowest BCUT2D eigenvalue weighted by Gasteiger charge is -2.09. The molecule has 2 aromatic heterocycles. The van der Waals surface area contributed by atoms with E-state index in [4.69, 9.17) is 9.40 Å². The third-order valence-electron chi connectivity index (χ3n) is 3.52. The van der Waals surface area contributed by atoms with E-state index in [0.29, 0.717) is 11.6 Å². The molecule has 4 aromatic rings. The summed E-state index contributed by atoms with van der Waals surface area (Å²) in [6, 6.07) is 21.3. The van der Waals surface area contributed by atoms with Gasteiger partial charge in [0.1, 0.15) is 11.5 Å². The van der Waals surface area contributed by atoms with Gasteiger partial charge >= 0.3 is 0 Å². The number of hydrogen-bond donors (Lipinski definition) is 1. The highest BCUT2D eigenvalue weighted by atomic mass is 16.3. The van der Waals surface area contributed by atoms with Crippen LogP contribution in [0.5, 0.6) is 0 Å². The van der Waals surface area contributed by atoms with Crippen LogP contribution in [0.25, 0.3) is 22.3 Å². The van der Waals surface area contributed by atoms with Crippen LogP contribution in [-0.2, 0) is 0 Å². The van der Waals surface area contributed by atoms with Crippen molar-refractivity contribution >= 4 is 23.1 Å². The van der Waals surface area contributed by atoms with Gasteiger partial charge < -0.3 is 4.42 Å². The Labute approximate surface area is 138 Å². The van der Waals surface area contributed by atoms with Crippen LogP contribution in [0, 0.1) is 0 Å². The summed E-state index contributed by atoms with van der Waals surface area (Å²) >= 11 is 0. The Morgan fingerprint density at radius 3 is 2.33 bits per heavy atom. The van der Waals surface area contributed by atoms with Gasteiger partial charge in [0.15, 0.2) is 5.82 Å². The summed E-state index contributed by atoms with van der Waals surface area (Å²) in [5.74, 6) is 1.26. The second-order valence-electron chi connectivity index (χ2n) is 5.16. The zero-order valence-electron chi connectivity index (χ0n) is 12.8. The van der Waals surface area contributed by atoms with Crippen LogP contribution in [0.1, 0.15) is 5.76 Å². The monoisotopic (exact) mass is 314 g/mol. The largest absolute Gasteiger partial charge is 0.463 e. The Balaban J connectivity index is 1.76. The van der Waals surface area contributed by atoms with Crippen molar-refractivity contribution in [3.05, 3.63) is 78.8 Å². The molecule has 0 atom stereocenters. The Bertz CT molecular complexity index is 979. The lowest BCUT2D eigenvalue weighted by atomic mass is 10.1. The van der Waals surface area contributed by atoms with Gasteiger partial charge in [-0.1, -0.05) is 42.5 Å². The number of rotatable bonds is 4. The fourth-order valence-corrected chi connectivity index (χ4v) is 2.40. The second kappa shape index (κ2) is 6.34. The van der Waals surface area contributed by atoms with Crippen LogP contribution >= 0.6 is 0 Å². The predicted octanol–water partition coefficient (Wildman–Crippen LogP) is 4.34. The highest BCUT2D eigenvalue weighted by Crippen LogP contribution is 2.26. The lowest BCUT2D eigenvalue weighted by molar-refractivity contribution is 0.560. The van der Waals surface area contributed by atoms with Crippen molar-refractivity contribution in [2.24, 2.45) is 5.10 Å². The summed E-state index contributed by atoms with van der Waals surface area (Å²) in [4.78, 5) is 9.39. The summed E-state index contributed by atoms with van der Waals surface area (Å²) in [6.45, 7) is 0. The number of nitrogens with zero attached hydrogens (tertiary/aromatic N) is 3. The molecule has 0 aliphatic heterocycles. The van der Waals surface area contributed by atoms with Crippen molar-refractivity contribution in [2.45, 2.75) is 0 Å². The minimum atomic E-state index is 0.600. The highest BCUT2D eigenvalue weighted by molar-refractivity contribution is 5.84. The molecule has 2 heterocycles. The maximum atomic E-state index is 5.23. The Hall–Kier alpha value is -3.47. The molecule has 0 unspecified atom stereocenters. The number of hydrogen-bond acceptors (Lipinski definition) is 5. The Kier molecular flexibility index (Phi) is 3.73. The molecule has 0 bridgehead atoms. The molecule has 24 heavy (non-hydrogen) atoms. The summed E-state index contributed by atoms with van der Waals surface area (Å²) in [5, 5.41) is 4.21. The maximum Gasteiger partial charge on any atom is 0.173 e. The van der Waals surface area contributed by atoms with Gasteiger partial charge in [-0.05, 0) is 24.3 Å². The predicted molar refractivity (Wildman–Crippen MR) is 94.9 cm³/mol. The van der Waals surface area contributed by atoms with E-state index in [0.717, 1.165) is 22.3 Å². The molecule has 116 valence electrons. The van der Waals surface area contributed by atoms with E-state index >= 15 is 0 Å². The zero-order valence-corrected chi connectivity index (χ0v) is 12.8. The van der Waals surface area contributed by atoms with Crippen LogP contribution < -0.4 is 5.43 Å². The number of para-hydroxylation sites is 2. The van der Waals surface area contributed by atoms with Crippen molar-refractivity contribution in [1.82, 2.24) is 9.97 Å². The van der Waals surface area contributed by atoms with Crippen molar-refractivity contribution in [2.75, 3.05) is 5.43 Å². The van der Waals surface area contributed by atoms with E-state index in [1.165, 1.54) is 0 Å². The SMILES string of the molecule is C(=N\Nc1nc2ccccc2nc1-c1ccccc1)/c1ccco1. The fourth-order valence-electron chi connectivity index (χ4n) is 2.40. The average molecular weight is 314 g/mol. The van der Waals surface area contributed by atoms with Crippen LogP contribution in [0.2, 0.25) is 0 Å². The number of aromatic nitrogens is 2. The van der Waals surface area contributed by atoms with Crippen LogP contribution in [0.15, 0.2) is 82.5 Å². The van der Waals surface area contributed by atoms with E-state index in [1.54, 1.807) is 12.5 Å². The number of fused-ring (bicyclic) bond motifs is 1. The van der Waals surface area contributed by atoms with Gasteiger partial charge in [-0.3, -0.25) is 5.43 Å². The van der Waals surface area contributed by atoms with Gasteiger partial charge in [-0.25, -0.2) is 9.97 Å². The lowest BCUT2D eigenvalue weighted by Crippen LogP contribution is -1.99. The molecule has 0 aliphatic carbocycles. The molecule has 0 saturated carbocycles. The fraction of sp³-hybridized carbons (Fsp3) is 0. The minimum Gasteiger partial charge on any atom is -0.463 e. The standard InChI is InChI=1S/C19H14N4O/c1-2-7-14(8-3-1)18-19(23-20-13-15-9-6-12-24-15)22-17-11-5-4-10-16(17)21-18/h1-13H,(H,22,23)/b20-13+. The normalized spacial score (nSPS) is 11.2. The van der Waals surface area contributed by atoms with Gasteiger partial charge in [0.05, 0.1) is 23.5 Å². The molecule has 5 heteroatoms. The molecule has 0 fully saturated rings. The van der Waals surface area contributed by atoms with Crippen molar-refractivity contribution in [3.8, 4) is 11.3 Å². The molecule has 5 nitrogen and oxygen atoms in total. The number of furan rings is 1. The number of anilines is 1. The first-order valence-corrected chi connectivity index (χ1v) is 7.55. The Morgan fingerprint density at radius 2 is 1.58 bits per heavy atom. The number of nitrogens with one attached hydrogen (secondary N) is 1. The van der Waals surface area contributed by atoms with E-state index in [9.17, 15) is 0 Å². The van der Waals surface area contributed by atoms with Gasteiger partial charge in [-0.2, -0.15) is 5.10 Å². The third kappa shape index (κ3) is 2.87. The molecule has 0 saturated heterocycles. The molecule has 2 aromatic carbocycles. The molecule has 0 spiro atoms. The van der Waals surface area contributed by atoms with Crippen LogP contribution in [-0.4, -0.2) is 16.2 Å². The van der Waals surface area contributed by atoms with Crippen LogP contribution in [0.4, 0.5) is 5.82 Å². The number of benzene rings is 2. The molecule has 0 radical (unpaired) electrons. The van der Waals surface area contributed by atoms with E-state index in [1.807, 2.05) is 66.7 Å². The Morgan fingerprint density at radius 1 is 0.833 bits per heavy atom. The van der Waals surface area contributed by atoms with Gasteiger partial charge in [0.2, 0.25) is 0 Å². The summed E-state index contributed by atoms with van der Waals surface area (Å²) in [7, 11) is 0. The highest BCUT2D eigenvalue weighted by Gasteiger charge is 2.10. The minimum absolute atomic E-state index is 0.600. The third-order valence-corrected chi connectivity index (χ3v) is 3.52. The number of hydrazone groups is 1. The smallest absolute Gasteiger partial charge is 0.173 e. The summed E-state index contributed by atoms with van der Waals surface area (Å²) < 4.78 is 5.23. The van der Waals surface area contributed by atoms with Crippen molar-refractivity contribution in [3.63, 3.8) is 0 Å². The van der Waals surface area contributed by atoms with E-state index < -0.39 is 0 Å². The molecule has 0 amide bonds. The van der Waals surface area contributed by atoms with E-state index in [-0.39, 0.29) is 0 Å². The van der Waals surface area contributed by atoms with Crippen molar-refractivity contribution < 1.29 is 4.42 Å². The van der Waals surface area contributed by atoms with Crippen LogP contribution in [0.3, 0.4) is 0 Å². The average Bonchev–Trinajstić information content (AvgIpc) is 3.15. The molecule has 0 aliphatic rings. The van der Waals surface area contributed by atoms with Crippen molar-refractivity contribution in [1.29, 1.82) is 0 Å². The van der Waals surface area contributed by atoms with E-state index in [2.05, 4.69) is 15.5 Å². The summed E-state index contributed by atoms with van der Waals surface area (Å²) in [5.41, 5.74) is 6.37. The quantitative estimate of drug-likeness (QED) is 0.449. The zero-order chi connectivity index (χ0) is 16.2. The first kappa shape index (κ1) is 14.1. The molecular formula is C19H14N4O. The molecule has 4 rings (SSSR count). The topological polar surface area (TPSA) is 63.3 Å². The van der Waals surface area contributed by atoms with Gasteiger partial charge in [-0.15, -0.1) is 0 Å². The second-order valence-corrected chi connectivity index (χ2v) is 5.16. The summed E-state index contributed by atoms with van der Waals surface area (Å²) in [6.07, 6.45) is 3.21. The first-order chi connectivity index (χ1) is 11.9. The van der Waals surface area contributed by atoms with Gasteiger partial charge in [0, 0.05) is 5.56 Å². The van der Waals surface area contributed by atoms with Gasteiger partial charge in [0.25, 0.3) is 0 Å². The molecular weight excluding hydrogens is 300 g/mol. The maximum absolute atomic E-state index is 5.23. The first-order valence-electron chi connectivity index (χ1n) is 7.55.